The van der Waals surface area contributed by atoms with Crippen molar-refractivity contribution in [3.8, 4) is 5.75 Å². The minimum atomic E-state index is 0.378. The molecule has 0 amide bonds. The maximum atomic E-state index is 9.51. The van der Waals surface area contributed by atoms with Gasteiger partial charge in [-0.1, -0.05) is 12.2 Å². The molecule has 1 N–H and O–H groups in total. The highest BCUT2D eigenvalue weighted by Gasteiger charge is 2.00. The summed E-state index contributed by atoms with van der Waals surface area (Å²) in [6, 6.07) is 3.87. The smallest absolute Gasteiger partial charge is 0.121 e. The molecule has 1 aromatic carbocycles. The fraction of sp³-hybridized carbons (Fsp3) is 0.273. The molecular weight excluding hydrogens is 184 g/mol. The molecule has 0 aliphatic carbocycles. The van der Waals surface area contributed by atoms with Gasteiger partial charge in [-0.2, -0.15) is 0 Å². The van der Waals surface area contributed by atoms with Crippen LogP contribution < -0.4 is 0 Å². The highest BCUT2D eigenvalue weighted by atomic mass is 35.5. The summed E-state index contributed by atoms with van der Waals surface area (Å²) in [5.41, 5.74) is 2.87. The number of alkyl halides is 1. The monoisotopic (exact) mass is 196 g/mol. The van der Waals surface area contributed by atoms with Crippen LogP contribution in [0.15, 0.2) is 18.2 Å². The largest absolute Gasteiger partial charge is 0.507 e. The summed E-state index contributed by atoms with van der Waals surface area (Å²) in [5, 5.41) is 9.51. The van der Waals surface area contributed by atoms with Crippen LogP contribution in [-0.4, -0.2) is 11.0 Å². The SMILES string of the molecule is Cc1cc(C=CCCl)cc(C)c1O. The second-order valence-electron chi connectivity index (χ2n) is 3.06. The number of rotatable bonds is 2. The minimum Gasteiger partial charge on any atom is -0.507 e. The number of benzene rings is 1. The van der Waals surface area contributed by atoms with Crippen LogP contribution in [0.4, 0.5) is 0 Å². The van der Waals surface area contributed by atoms with Gasteiger partial charge in [-0.15, -0.1) is 11.6 Å². The van der Waals surface area contributed by atoms with E-state index in [4.69, 9.17) is 11.6 Å². The summed E-state index contributed by atoms with van der Waals surface area (Å²) in [5.74, 6) is 0.891. The predicted octanol–water partition coefficient (Wildman–Crippen LogP) is 3.26. The van der Waals surface area contributed by atoms with Gasteiger partial charge in [-0.05, 0) is 42.7 Å². The molecule has 2 heteroatoms. The summed E-state index contributed by atoms with van der Waals surface area (Å²) in [6.45, 7) is 3.78. The number of halogens is 1. The maximum Gasteiger partial charge on any atom is 0.121 e. The molecule has 0 heterocycles. The average Bonchev–Trinajstić information content (AvgIpc) is 2.10. The molecule has 1 nitrogen and oxygen atoms in total. The van der Waals surface area contributed by atoms with Crippen LogP contribution in [0, 0.1) is 13.8 Å². The zero-order valence-corrected chi connectivity index (χ0v) is 8.60. The van der Waals surface area contributed by atoms with E-state index in [1.54, 1.807) is 0 Å². The standard InChI is InChI=1S/C11H13ClO/c1-8-6-10(4-3-5-12)7-9(2)11(8)13/h3-4,6-7,13H,5H2,1-2H3. The van der Waals surface area contributed by atoms with E-state index in [0.29, 0.717) is 11.6 Å². The molecule has 0 atom stereocenters. The topological polar surface area (TPSA) is 20.2 Å². The summed E-state index contributed by atoms with van der Waals surface area (Å²) < 4.78 is 0. The Kier molecular flexibility index (Phi) is 3.38. The molecule has 1 aromatic rings. The number of allylic oxidation sites excluding steroid dienone is 1. The summed E-state index contributed by atoms with van der Waals surface area (Å²) >= 11 is 5.53. The Balaban J connectivity index is 3.06. The zero-order chi connectivity index (χ0) is 9.84. The van der Waals surface area contributed by atoms with E-state index in [0.717, 1.165) is 16.7 Å². The quantitative estimate of drug-likeness (QED) is 0.720. The highest BCUT2D eigenvalue weighted by molar-refractivity contribution is 6.19. The van der Waals surface area contributed by atoms with E-state index < -0.39 is 0 Å². The second kappa shape index (κ2) is 4.33. The van der Waals surface area contributed by atoms with Crippen molar-refractivity contribution in [3.05, 3.63) is 34.9 Å². The van der Waals surface area contributed by atoms with Crippen molar-refractivity contribution in [2.75, 3.05) is 5.88 Å². The number of phenolic OH excluding ortho intramolecular Hbond substituents is 1. The molecule has 0 radical (unpaired) electrons. The Morgan fingerprint density at radius 2 is 1.85 bits per heavy atom. The van der Waals surface area contributed by atoms with Gasteiger partial charge in [0.05, 0.1) is 0 Å². The lowest BCUT2D eigenvalue weighted by molar-refractivity contribution is 0.467. The van der Waals surface area contributed by atoms with Gasteiger partial charge < -0.3 is 5.11 Å². The van der Waals surface area contributed by atoms with Crippen LogP contribution in [0.2, 0.25) is 0 Å². The Bertz CT molecular complexity index is 306. The number of phenols is 1. The molecule has 0 aromatic heterocycles. The first-order valence-electron chi connectivity index (χ1n) is 4.18. The molecule has 0 saturated heterocycles. The minimum absolute atomic E-state index is 0.378. The molecular formula is C11H13ClO. The van der Waals surface area contributed by atoms with Crippen LogP contribution in [-0.2, 0) is 0 Å². The van der Waals surface area contributed by atoms with Crippen molar-refractivity contribution < 1.29 is 5.11 Å². The Morgan fingerprint density at radius 1 is 1.31 bits per heavy atom. The van der Waals surface area contributed by atoms with Gasteiger partial charge in [0.2, 0.25) is 0 Å². The third-order valence-corrected chi connectivity index (χ3v) is 2.09. The molecule has 0 aliphatic rings. The fourth-order valence-electron chi connectivity index (χ4n) is 1.27. The van der Waals surface area contributed by atoms with Gasteiger partial charge in [0.25, 0.3) is 0 Å². The third-order valence-electron chi connectivity index (χ3n) is 1.91. The highest BCUT2D eigenvalue weighted by Crippen LogP contribution is 2.23. The number of aromatic hydroxyl groups is 1. The molecule has 0 aliphatic heterocycles. The molecule has 13 heavy (non-hydrogen) atoms. The number of hydrogen-bond acceptors (Lipinski definition) is 1. The van der Waals surface area contributed by atoms with Gasteiger partial charge in [0, 0.05) is 5.88 Å². The maximum absolute atomic E-state index is 9.51. The lowest BCUT2D eigenvalue weighted by atomic mass is 10.1. The lowest BCUT2D eigenvalue weighted by Gasteiger charge is -2.04. The molecule has 0 fully saturated rings. The van der Waals surface area contributed by atoms with E-state index in [9.17, 15) is 5.11 Å². The first-order valence-corrected chi connectivity index (χ1v) is 4.71. The van der Waals surface area contributed by atoms with Crippen LogP contribution >= 0.6 is 11.6 Å². The predicted molar refractivity (Wildman–Crippen MR) is 57.3 cm³/mol. The Hall–Kier alpha value is -0.950. The summed E-state index contributed by atoms with van der Waals surface area (Å²) in [7, 11) is 0. The van der Waals surface area contributed by atoms with Gasteiger partial charge in [0.15, 0.2) is 0 Å². The molecule has 0 unspecified atom stereocenters. The summed E-state index contributed by atoms with van der Waals surface area (Å²) in [4.78, 5) is 0. The number of hydrogen-bond donors (Lipinski definition) is 1. The lowest BCUT2D eigenvalue weighted by Crippen LogP contribution is -1.83. The summed E-state index contributed by atoms with van der Waals surface area (Å²) in [6.07, 6.45) is 3.83. The molecule has 0 saturated carbocycles. The molecule has 1 rings (SSSR count). The first-order chi connectivity index (χ1) is 6.15. The van der Waals surface area contributed by atoms with Crippen molar-refractivity contribution in [1.82, 2.24) is 0 Å². The van der Waals surface area contributed by atoms with Crippen LogP contribution in [0.1, 0.15) is 16.7 Å². The Morgan fingerprint density at radius 3 is 2.31 bits per heavy atom. The van der Waals surface area contributed by atoms with Crippen molar-refractivity contribution in [2.45, 2.75) is 13.8 Å². The van der Waals surface area contributed by atoms with Crippen molar-refractivity contribution in [2.24, 2.45) is 0 Å². The van der Waals surface area contributed by atoms with Gasteiger partial charge in [0.1, 0.15) is 5.75 Å². The van der Waals surface area contributed by atoms with Gasteiger partial charge in [-0.25, -0.2) is 0 Å². The van der Waals surface area contributed by atoms with E-state index in [2.05, 4.69) is 0 Å². The van der Waals surface area contributed by atoms with Gasteiger partial charge >= 0.3 is 0 Å². The van der Waals surface area contributed by atoms with Crippen molar-refractivity contribution >= 4 is 17.7 Å². The molecule has 70 valence electrons. The second-order valence-corrected chi connectivity index (χ2v) is 3.37. The van der Waals surface area contributed by atoms with E-state index in [1.165, 1.54) is 0 Å². The molecule has 0 bridgehead atoms. The average molecular weight is 197 g/mol. The van der Waals surface area contributed by atoms with Gasteiger partial charge in [-0.3, -0.25) is 0 Å². The van der Waals surface area contributed by atoms with E-state index in [-0.39, 0.29) is 0 Å². The van der Waals surface area contributed by atoms with E-state index >= 15 is 0 Å². The van der Waals surface area contributed by atoms with Crippen LogP contribution in [0.5, 0.6) is 5.75 Å². The molecule has 0 spiro atoms. The van der Waals surface area contributed by atoms with Crippen LogP contribution in [0.25, 0.3) is 6.08 Å². The zero-order valence-electron chi connectivity index (χ0n) is 7.84. The van der Waals surface area contributed by atoms with E-state index in [1.807, 2.05) is 38.1 Å². The normalized spacial score (nSPS) is 11.0. The third kappa shape index (κ3) is 2.49. The Labute approximate surface area is 83.7 Å². The van der Waals surface area contributed by atoms with Crippen LogP contribution in [0.3, 0.4) is 0 Å². The van der Waals surface area contributed by atoms with Crippen molar-refractivity contribution in [1.29, 1.82) is 0 Å². The van der Waals surface area contributed by atoms with Crippen molar-refractivity contribution in [3.63, 3.8) is 0 Å². The fourth-order valence-corrected chi connectivity index (χ4v) is 1.36. The number of aryl methyl sites for hydroxylation is 2. The first kappa shape index (κ1) is 10.1.